The van der Waals surface area contributed by atoms with Crippen LogP contribution in [0.2, 0.25) is 0 Å². The van der Waals surface area contributed by atoms with Gasteiger partial charge in [0, 0.05) is 28.4 Å². The number of ether oxygens (including phenoxy) is 5. The number of hydrogen-bond acceptors (Lipinski definition) is 7. The molecule has 0 spiro atoms. The molecule has 8 heteroatoms. The molecule has 0 heterocycles. The fourth-order valence-corrected chi connectivity index (χ4v) is 4.17. The lowest BCUT2D eigenvalue weighted by Gasteiger charge is -2.22. The lowest BCUT2D eigenvalue weighted by molar-refractivity contribution is -0.479. The van der Waals surface area contributed by atoms with Crippen LogP contribution < -0.4 is 23.7 Å². The molecule has 0 saturated carbocycles. The molecular weight excluding hydrogens is 474 g/mol. The zero-order valence-electron chi connectivity index (χ0n) is 21.1. The van der Waals surface area contributed by atoms with Gasteiger partial charge in [0.15, 0.2) is 23.0 Å². The highest BCUT2D eigenvalue weighted by atomic mass is 16.6. The number of hydrogen-bond donors (Lipinski definition) is 0. The Morgan fingerprint density at radius 1 is 0.703 bits per heavy atom. The van der Waals surface area contributed by atoms with Crippen LogP contribution in [0.25, 0.3) is 10.8 Å². The van der Waals surface area contributed by atoms with Crippen LogP contribution in [0.3, 0.4) is 0 Å². The average molecular weight is 504 g/mol. The van der Waals surface area contributed by atoms with Gasteiger partial charge in [0.2, 0.25) is 6.54 Å². The van der Waals surface area contributed by atoms with E-state index in [1.165, 1.54) is 0 Å². The quantitative estimate of drug-likeness (QED) is 0.177. The first-order valence-corrected chi connectivity index (χ1v) is 11.8. The van der Waals surface area contributed by atoms with Crippen molar-refractivity contribution in [3.8, 4) is 28.7 Å². The summed E-state index contributed by atoms with van der Waals surface area (Å²) in [6.07, 6.45) is 0.145. The Morgan fingerprint density at radius 2 is 1.27 bits per heavy atom. The average Bonchev–Trinajstić information content (AvgIpc) is 2.93. The second-order valence-corrected chi connectivity index (χ2v) is 8.29. The van der Waals surface area contributed by atoms with Gasteiger partial charge < -0.3 is 23.7 Å². The molecule has 0 unspecified atom stereocenters. The number of fused-ring (bicyclic) bond motifs is 1. The summed E-state index contributed by atoms with van der Waals surface area (Å²) < 4.78 is 29.8. The maximum Gasteiger partial charge on any atom is 0.208 e. The van der Waals surface area contributed by atoms with Crippen molar-refractivity contribution in [1.82, 2.24) is 0 Å². The first-order valence-electron chi connectivity index (χ1n) is 11.8. The Hall–Kier alpha value is -4.46. The Morgan fingerprint density at radius 3 is 1.78 bits per heavy atom. The van der Waals surface area contributed by atoms with Crippen molar-refractivity contribution in [2.24, 2.45) is 0 Å². The van der Waals surface area contributed by atoms with E-state index in [1.807, 2.05) is 66.7 Å². The molecule has 0 fully saturated rings. The van der Waals surface area contributed by atoms with E-state index in [0.29, 0.717) is 45.1 Å². The molecule has 0 aromatic heterocycles. The van der Waals surface area contributed by atoms with Gasteiger partial charge in [-0.2, -0.15) is 0 Å². The summed E-state index contributed by atoms with van der Waals surface area (Å²) in [6.45, 7) is 0.239. The molecule has 4 rings (SSSR count). The molecule has 0 N–H and O–H groups in total. The number of nitrogens with zero attached hydrogens (tertiary/aromatic N) is 1. The highest BCUT2D eigenvalue weighted by Gasteiger charge is 2.25. The highest BCUT2D eigenvalue weighted by Crippen LogP contribution is 2.51. The maximum absolute atomic E-state index is 11.3. The lowest BCUT2D eigenvalue weighted by atomic mass is 9.99. The van der Waals surface area contributed by atoms with E-state index in [9.17, 15) is 10.1 Å². The smallest absolute Gasteiger partial charge is 0.208 e. The minimum atomic E-state index is -0.346. The molecule has 0 bridgehead atoms. The number of rotatable bonds is 12. The molecule has 0 amide bonds. The van der Waals surface area contributed by atoms with Crippen LogP contribution in [-0.2, 0) is 19.6 Å². The second-order valence-electron chi connectivity index (χ2n) is 8.29. The van der Waals surface area contributed by atoms with Crippen LogP contribution in [0.5, 0.6) is 28.7 Å². The molecule has 192 valence electrons. The van der Waals surface area contributed by atoms with Crippen LogP contribution in [0.4, 0.5) is 0 Å². The molecule has 4 aromatic carbocycles. The van der Waals surface area contributed by atoms with E-state index >= 15 is 0 Å². The summed E-state index contributed by atoms with van der Waals surface area (Å²) in [5.74, 6) is 2.26. The lowest BCUT2D eigenvalue weighted by Crippen LogP contribution is -2.09. The summed E-state index contributed by atoms with van der Waals surface area (Å²) in [7, 11) is 4.66. The van der Waals surface area contributed by atoms with Crippen LogP contribution in [0.15, 0.2) is 72.8 Å². The first-order chi connectivity index (χ1) is 18.0. The summed E-state index contributed by atoms with van der Waals surface area (Å²) in [4.78, 5) is 11.0. The summed E-state index contributed by atoms with van der Waals surface area (Å²) in [6, 6.07) is 23.0. The van der Waals surface area contributed by atoms with Gasteiger partial charge in [0.1, 0.15) is 19.0 Å². The molecule has 4 aromatic rings. The van der Waals surface area contributed by atoms with Crippen LogP contribution in [0, 0.1) is 10.1 Å². The predicted octanol–water partition coefficient (Wildman–Crippen LogP) is 5.84. The highest BCUT2D eigenvalue weighted by molar-refractivity contribution is 6.02. The normalized spacial score (nSPS) is 10.7. The van der Waals surface area contributed by atoms with Crippen LogP contribution >= 0.6 is 0 Å². The Bertz CT molecular complexity index is 1360. The summed E-state index contributed by atoms with van der Waals surface area (Å²) >= 11 is 0. The fourth-order valence-electron chi connectivity index (χ4n) is 4.17. The molecule has 0 radical (unpaired) electrons. The van der Waals surface area contributed by atoms with Crippen LogP contribution in [0.1, 0.15) is 16.7 Å². The Kier molecular flexibility index (Phi) is 8.30. The third kappa shape index (κ3) is 5.86. The number of nitro groups is 1. The van der Waals surface area contributed by atoms with Gasteiger partial charge in [-0.15, -0.1) is 0 Å². The minimum Gasteiger partial charge on any atom is -0.496 e. The molecule has 0 saturated heterocycles. The SMILES string of the molecule is COc1cc(OC)c2cc(CC[N+](=O)[O-])c(OCc3ccccc3)c(OCc3ccccc3)c2c1OC. The van der Waals surface area contributed by atoms with Gasteiger partial charge in [0.05, 0.1) is 26.7 Å². The predicted molar refractivity (Wildman–Crippen MR) is 141 cm³/mol. The van der Waals surface area contributed by atoms with Gasteiger partial charge >= 0.3 is 0 Å². The third-order valence-corrected chi connectivity index (χ3v) is 5.95. The van der Waals surface area contributed by atoms with Crippen molar-refractivity contribution in [3.63, 3.8) is 0 Å². The third-order valence-electron chi connectivity index (χ3n) is 5.95. The second kappa shape index (κ2) is 12.0. The van der Waals surface area contributed by atoms with Crippen LogP contribution in [-0.4, -0.2) is 32.8 Å². The van der Waals surface area contributed by atoms with E-state index in [-0.39, 0.29) is 31.1 Å². The Labute approximate surface area is 215 Å². The van der Waals surface area contributed by atoms with E-state index in [4.69, 9.17) is 23.7 Å². The minimum absolute atomic E-state index is 0.145. The zero-order valence-corrected chi connectivity index (χ0v) is 21.1. The molecule has 0 atom stereocenters. The molecule has 37 heavy (non-hydrogen) atoms. The largest absolute Gasteiger partial charge is 0.496 e. The first kappa shape index (κ1) is 25.6. The van der Waals surface area contributed by atoms with Gasteiger partial charge in [0.25, 0.3) is 0 Å². The number of methoxy groups -OCH3 is 3. The van der Waals surface area contributed by atoms with Gasteiger partial charge in [-0.3, -0.25) is 10.1 Å². The molecular formula is C29H29NO7. The van der Waals surface area contributed by atoms with E-state index in [0.717, 1.165) is 11.1 Å². The topological polar surface area (TPSA) is 89.3 Å². The van der Waals surface area contributed by atoms with Crippen molar-refractivity contribution in [1.29, 1.82) is 0 Å². The van der Waals surface area contributed by atoms with E-state index < -0.39 is 0 Å². The molecule has 0 aliphatic rings. The standard InChI is InChI=1S/C29H29NO7/c1-33-24-17-25(34-2)28(35-3)26-23(24)16-22(14-15-30(31)32)27(36-18-20-10-6-4-7-11-20)29(26)37-19-21-12-8-5-9-13-21/h4-13,16-17H,14-15,18-19H2,1-3H3. The summed E-state index contributed by atoms with van der Waals surface area (Å²) in [5.41, 5.74) is 2.54. The Balaban J connectivity index is 1.95. The van der Waals surface area contributed by atoms with E-state index in [1.54, 1.807) is 27.4 Å². The van der Waals surface area contributed by atoms with Crippen molar-refractivity contribution < 1.29 is 28.6 Å². The molecule has 0 aliphatic carbocycles. The van der Waals surface area contributed by atoms with Crippen molar-refractivity contribution in [2.75, 3.05) is 27.9 Å². The zero-order chi connectivity index (χ0) is 26.2. The summed E-state index contributed by atoms with van der Waals surface area (Å²) in [5, 5.41) is 12.6. The maximum atomic E-state index is 11.3. The van der Waals surface area contributed by atoms with Crippen molar-refractivity contribution in [2.45, 2.75) is 19.6 Å². The molecule has 8 nitrogen and oxygen atoms in total. The molecule has 0 aliphatic heterocycles. The van der Waals surface area contributed by atoms with Crippen molar-refractivity contribution >= 4 is 10.8 Å². The van der Waals surface area contributed by atoms with Gasteiger partial charge in [-0.05, 0) is 17.2 Å². The fraction of sp³-hybridized carbons (Fsp3) is 0.241. The monoisotopic (exact) mass is 503 g/mol. The van der Waals surface area contributed by atoms with Gasteiger partial charge in [-0.1, -0.05) is 60.7 Å². The van der Waals surface area contributed by atoms with Gasteiger partial charge in [-0.25, -0.2) is 0 Å². The number of benzene rings is 4. The van der Waals surface area contributed by atoms with Crippen molar-refractivity contribution in [3.05, 3.63) is 99.6 Å². The van der Waals surface area contributed by atoms with E-state index in [2.05, 4.69) is 0 Å².